The van der Waals surface area contributed by atoms with Gasteiger partial charge < -0.3 is 24.8 Å². The van der Waals surface area contributed by atoms with Gasteiger partial charge in [0.05, 0.1) is 5.56 Å². The molecule has 0 aliphatic heterocycles. The van der Waals surface area contributed by atoms with Crippen molar-refractivity contribution in [1.29, 1.82) is 0 Å². The average Bonchev–Trinajstić information content (AvgIpc) is 2.52. The Balaban J connectivity index is 2.33. The highest BCUT2D eigenvalue weighted by atomic mass is 16.4. The van der Waals surface area contributed by atoms with Crippen molar-refractivity contribution >= 4 is 17.8 Å². The summed E-state index contributed by atoms with van der Waals surface area (Å²) in [5, 5.41) is 38.0. The Morgan fingerprint density at radius 3 is 2.46 bits per heavy atom. The number of aliphatic hydroxyl groups excluding tert-OH is 2. The third kappa shape index (κ3) is 2.57. The zero-order chi connectivity index (χ0) is 17.4. The second-order valence-corrected chi connectivity index (χ2v) is 5.16. The predicted octanol–water partition coefficient (Wildman–Crippen LogP) is -0.155. The molecule has 122 valence electrons. The van der Waals surface area contributed by atoms with Crippen LogP contribution in [0.2, 0.25) is 0 Å². The molecule has 1 heterocycles. The van der Waals surface area contributed by atoms with Gasteiger partial charge in [0.2, 0.25) is 5.43 Å². The number of hydrogen-bond donors (Lipinski definition) is 4. The van der Waals surface area contributed by atoms with Gasteiger partial charge >= 0.3 is 5.97 Å². The molecule has 0 saturated carbocycles. The van der Waals surface area contributed by atoms with Crippen LogP contribution >= 0.6 is 0 Å². The molecule has 1 aromatic carbocycles. The number of benzene rings is 1. The molecule has 0 bridgehead atoms. The third-order valence-electron chi connectivity index (χ3n) is 3.62. The summed E-state index contributed by atoms with van der Waals surface area (Å²) in [6, 6.07) is 5.79. The van der Waals surface area contributed by atoms with Crippen LogP contribution in [0.15, 0.2) is 51.4 Å². The molecule has 0 radical (unpaired) electrons. The lowest BCUT2D eigenvalue weighted by molar-refractivity contribution is -0.131. The second-order valence-electron chi connectivity index (χ2n) is 5.16. The van der Waals surface area contributed by atoms with E-state index in [-0.39, 0.29) is 27.5 Å². The number of carboxylic acid groups (broad SMARTS) is 1. The van der Waals surface area contributed by atoms with Crippen LogP contribution in [0.3, 0.4) is 0 Å². The molecule has 7 heteroatoms. The van der Waals surface area contributed by atoms with Gasteiger partial charge in [0.25, 0.3) is 0 Å². The van der Waals surface area contributed by atoms with Crippen LogP contribution in [-0.2, 0) is 4.79 Å². The van der Waals surface area contributed by atoms with Crippen molar-refractivity contribution in [3.05, 3.63) is 63.0 Å². The summed E-state index contributed by atoms with van der Waals surface area (Å²) >= 11 is 0. The third-order valence-corrected chi connectivity index (χ3v) is 3.62. The number of fused-ring (bicyclic) bond motifs is 1. The number of aromatic hydroxyl groups is 1. The van der Waals surface area contributed by atoms with Gasteiger partial charge in [-0.15, -0.1) is 0 Å². The maximum Gasteiger partial charge on any atom is 0.328 e. The minimum Gasteiger partial charge on any atom is -0.508 e. The molecule has 0 spiro atoms. The molecule has 0 saturated heterocycles. The Morgan fingerprint density at radius 1 is 1.17 bits per heavy atom. The van der Waals surface area contributed by atoms with Crippen molar-refractivity contribution < 1.29 is 29.6 Å². The van der Waals surface area contributed by atoms with E-state index in [4.69, 9.17) is 9.52 Å². The molecule has 1 aliphatic rings. The van der Waals surface area contributed by atoms with Crippen LogP contribution in [0.25, 0.3) is 23.0 Å². The smallest absolute Gasteiger partial charge is 0.328 e. The van der Waals surface area contributed by atoms with Crippen molar-refractivity contribution in [3.63, 3.8) is 0 Å². The van der Waals surface area contributed by atoms with E-state index >= 15 is 0 Å². The second kappa shape index (κ2) is 5.71. The Morgan fingerprint density at radius 2 is 1.83 bits per heavy atom. The van der Waals surface area contributed by atoms with Gasteiger partial charge in [-0.3, -0.25) is 4.79 Å². The number of carboxylic acids is 1. The largest absolute Gasteiger partial charge is 0.508 e. The quantitative estimate of drug-likeness (QED) is 0.564. The average molecular weight is 328 g/mol. The van der Waals surface area contributed by atoms with E-state index in [1.54, 1.807) is 0 Å². The van der Waals surface area contributed by atoms with Crippen LogP contribution in [0.1, 0.15) is 0 Å². The van der Waals surface area contributed by atoms with Crippen LogP contribution < -0.4 is 16.1 Å². The SMILES string of the molecule is O=C(O)C=C1C(O)=c2c(occ(-c3ccc(O)cc3)c2=O)=CC1O. The summed E-state index contributed by atoms with van der Waals surface area (Å²) in [5.74, 6) is -1.98. The molecule has 0 fully saturated rings. The number of carbonyl (C=O) groups is 1. The van der Waals surface area contributed by atoms with Crippen molar-refractivity contribution in [2.45, 2.75) is 6.10 Å². The highest BCUT2D eigenvalue weighted by Crippen LogP contribution is 2.19. The lowest BCUT2D eigenvalue weighted by Crippen LogP contribution is -2.45. The van der Waals surface area contributed by atoms with Crippen LogP contribution in [0.5, 0.6) is 5.75 Å². The van der Waals surface area contributed by atoms with Crippen LogP contribution in [0, 0.1) is 0 Å². The number of aliphatic hydroxyl groups is 2. The summed E-state index contributed by atoms with van der Waals surface area (Å²) in [4.78, 5) is 23.5. The van der Waals surface area contributed by atoms with E-state index in [0.29, 0.717) is 11.6 Å². The van der Waals surface area contributed by atoms with Gasteiger partial charge in [-0.1, -0.05) is 12.1 Å². The molecule has 1 aliphatic carbocycles. The van der Waals surface area contributed by atoms with Gasteiger partial charge in [0.1, 0.15) is 34.5 Å². The molecule has 1 atom stereocenters. The lowest BCUT2D eigenvalue weighted by Gasteiger charge is -2.14. The molecular formula is C17H12O7. The van der Waals surface area contributed by atoms with Gasteiger partial charge in [-0.25, -0.2) is 4.79 Å². The number of phenolic OH excluding ortho intramolecular Hbond substituents is 1. The molecule has 24 heavy (non-hydrogen) atoms. The molecule has 4 N–H and O–H groups in total. The predicted molar refractivity (Wildman–Crippen MR) is 83.6 cm³/mol. The first-order valence-electron chi connectivity index (χ1n) is 6.88. The number of phenols is 1. The topological polar surface area (TPSA) is 128 Å². The van der Waals surface area contributed by atoms with Gasteiger partial charge in [0, 0.05) is 11.6 Å². The first-order chi connectivity index (χ1) is 11.4. The fourth-order valence-corrected chi connectivity index (χ4v) is 2.47. The minimum atomic E-state index is -1.41. The Bertz CT molecular complexity index is 1030. The molecular weight excluding hydrogens is 316 g/mol. The van der Waals surface area contributed by atoms with E-state index in [9.17, 15) is 24.9 Å². The fourth-order valence-electron chi connectivity index (χ4n) is 2.47. The molecule has 3 rings (SSSR count). The molecule has 2 aromatic rings. The number of hydrogen-bond acceptors (Lipinski definition) is 6. The first kappa shape index (κ1) is 15.6. The zero-order valence-corrected chi connectivity index (χ0v) is 12.1. The van der Waals surface area contributed by atoms with E-state index in [2.05, 4.69) is 0 Å². The molecule has 7 nitrogen and oxygen atoms in total. The maximum absolute atomic E-state index is 12.7. The van der Waals surface area contributed by atoms with Crippen molar-refractivity contribution in [1.82, 2.24) is 0 Å². The van der Waals surface area contributed by atoms with Crippen molar-refractivity contribution in [2.24, 2.45) is 0 Å². The fraction of sp³-hybridized carbons (Fsp3) is 0.0588. The lowest BCUT2D eigenvalue weighted by atomic mass is 9.98. The molecule has 1 unspecified atom stereocenters. The van der Waals surface area contributed by atoms with Crippen LogP contribution in [0.4, 0.5) is 0 Å². The summed E-state index contributed by atoms with van der Waals surface area (Å²) in [6.07, 6.45) is 1.55. The minimum absolute atomic E-state index is 0.0265. The van der Waals surface area contributed by atoms with Crippen molar-refractivity contribution in [3.8, 4) is 16.9 Å². The Hall–Kier alpha value is -3.32. The maximum atomic E-state index is 12.7. The normalized spacial score (nSPS) is 18.1. The summed E-state index contributed by atoms with van der Waals surface area (Å²) in [7, 11) is 0. The summed E-state index contributed by atoms with van der Waals surface area (Å²) in [6.45, 7) is 0. The van der Waals surface area contributed by atoms with Gasteiger partial charge in [0.15, 0.2) is 0 Å². The standard InChI is InChI=1S/C17H12O7/c18-9-3-1-8(2-4-9)11-7-24-13-6-12(19)10(5-14(20)21)16(22)15(13)17(11)23/h1-7,12,18-19,22H,(H,20,21). The van der Waals surface area contributed by atoms with Gasteiger partial charge in [-0.05, 0) is 23.8 Å². The van der Waals surface area contributed by atoms with E-state index in [0.717, 1.165) is 6.08 Å². The highest BCUT2D eigenvalue weighted by molar-refractivity contribution is 5.86. The number of aliphatic carboxylic acids is 1. The highest BCUT2D eigenvalue weighted by Gasteiger charge is 2.23. The molecule has 1 aromatic heterocycles. The van der Waals surface area contributed by atoms with Crippen LogP contribution in [-0.4, -0.2) is 32.5 Å². The Kier molecular flexibility index (Phi) is 3.70. The molecule has 0 amide bonds. The summed E-state index contributed by atoms with van der Waals surface area (Å²) in [5.41, 5.74) is -0.356. The van der Waals surface area contributed by atoms with Crippen molar-refractivity contribution in [2.75, 3.05) is 0 Å². The van der Waals surface area contributed by atoms with Gasteiger partial charge in [-0.2, -0.15) is 0 Å². The first-order valence-corrected chi connectivity index (χ1v) is 6.88. The summed E-state index contributed by atoms with van der Waals surface area (Å²) < 4.78 is 5.31. The van der Waals surface area contributed by atoms with E-state index in [1.165, 1.54) is 30.5 Å². The Labute approximate surface area is 134 Å². The monoisotopic (exact) mass is 328 g/mol. The van der Waals surface area contributed by atoms with E-state index in [1.807, 2.05) is 0 Å². The zero-order valence-electron chi connectivity index (χ0n) is 12.1. The number of rotatable bonds is 2. The van der Waals surface area contributed by atoms with E-state index < -0.39 is 23.3 Å².